The van der Waals surface area contributed by atoms with Gasteiger partial charge in [-0.3, -0.25) is 19.3 Å². The van der Waals surface area contributed by atoms with Gasteiger partial charge in [0, 0.05) is 11.3 Å². The van der Waals surface area contributed by atoms with E-state index in [1.165, 1.54) is 29.2 Å². The number of para-hydroxylation sites is 1. The summed E-state index contributed by atoms with van der Waals surface area (Å²) in [5.41, 5.74) is 7.26. The summed E-state index contributed by atoms with van der Waals surface area (Å²) >= 11 is 0.937. The van der Waals surface area contributed by atoms with Crippen LogP contribution < -0.4 is 16.0 Å². The van der Waals surface area contributed by atoms with E-state index in [4.69, 9.17) is 5.73 Å². The number of thioether (sulfide) groups is 1. The van der Waals surface area contributed by atoms with Crippen LogP contribution in [0.3, 0.4) is 0 Å². The van der Waals surface area contributed by atoms with Gasteiger partial charge < -0.3 is 11.1 Å². The lowest BCUT2D eigenvalue weighted by atomic mass is 10.1. The van der Waals surface area contributed by atoms with Crippen LogP contribution in [0, 0.1) is 5.82 Å². The first-order chi connectivity index (χ1) is 13.4. The third kappa shape index (κ3) is 3.16. The molecule has 2 aromatic rings. The minimum atomic E-state index is -0.571. The fourth-order valence-corrected chi connectivity index (χ4v) is 3.78. The zero-order valence-corrected chi connectivity index (χ0v) is 15.1. The number of hydrogen-bond donors (Lipinski definition) is 2. The van der Waals surface area contributed by atoms with Gasteiger partial charge in [0.05, 0.1) is 16.2 Å². The lowest BCUT2D eigenvalue weighted by Gasteiger charge is -2.16. The van der Waals surface area contributed by atoms with E-state index in [0.717, 1.165) is 11.8 Å². The Morgan fingerprint density at radius 2 is 1.86 bits per heavy atom. The van der Waals surface area contributed by atoms with Crippen molar-refractivity contribution in [2.75, 3.05) is 16.8 Å². The van der Waals surface area contributed by atoms with Crippen molar-refractivity contribution in [3.63, 3.8) is 0 Å². The largest absolute Gasteiger partial charge is 0.378 e. The standard InChI is InChI=1S/C19H13FN4O3S/c20-10-5-7-11(8-6-10)22-14(25)9-24-13-4-2-1-3-12(13)15(18(24)27)16-17(26)23-19(21)28-16/h1-8H,9H2,(H,22,25)(H2,21,23,26)/b16-15+. The van der Waals surface area contributed by atoms with E-state index < -0.39 is 23.5 Å². The molecule has 3 N–H and O–H groups in total. The molecule has 0 spiro atoms. The molecule has 0 bridgehead atoms. The van der Waals surface area contributed by atoms with Crippen molar-refractivity contribution in [2.24, 2.45) is 10.7 Å². The molecule has 4 rings (SSSR count). The van der Waals surface area contributed by atoms with Crippen LogP contribution in [0.25, 0.3) is 5.57 Å². The molecule has 28 heavy (non-hydrogen) atoms. The van der Waals surface area contributed by atoms with E-state index in [1.807, 2.05) is 0 Å². The van der Waals surface area contributed by atoms with Gasteiger partial charge in [0.2, 0.25) is 5.91 Å². The molecular formula is C19H13FN4O3S. The number of amides is 3. The quantitative estimate of drug-likeness (QED) is 0.773. The number of benzene rings is 2. The van der Waals surface area contributed by atoms with Crippen LogP contribution in [0.2, 0.25) is 0 Å². The number of carbonyl (C=O) groups excluding carboxylic acids is 3. The fourth-order valence-electron chi connectivity index (χ4n) is 3.01. The average molecular weight is 396 g/mol. The number of halogens is 1. The summed E-state index contributed by atoms with van der Waals surface area (Å²) in [5, 5.41) is 2.69. The Bertz CT molecular complexity index is 1080. The number of nitrogens with two attached hydrogens (primary N) is 1. The number of aliphatic imine (C=N–C) groups is 1. The summed E-state index contributed by atoms with van der Waals surface area (Å²) in [6.45, 7) is -0.265. The second-order valence-electron chi connectivity index (χ2n) is 6.02. The second-order valence-corrected chi connectivity index (χ2v) is 7.06. The summed E-state index contributed by atoms with van der Waals surface area (Å²) < 4.78 is 13.0. The lowest BCUT2D eigenvalue weighted by Crippen LogP contribution is -2.35. The molecule has 0 saturated heterocycles. The molecule has 0 aromatic heterocycles. The van der Waals surface area contributed by atoms with Crippen molar-refractivity contribution < 1.29 is 18.8 Å². The lowest BCUT2D eigenvalue weighted by molar-refractivity contribution is -0.118. The predicted molar refractivity (Wildman–Crippen MR) is 105 cm³/mol. The van der Waals surface area contributed by atoms with E-state index in [0.29, 0.717) is 16.9 Å². The number of nitrogens with zero attached hydrogens (tertiary/aromatic N) is 2. The van der Waals surface area contributed by atoms with Gasteiger partial charge in [-0.2, -0.15) is 4.99 Å². The smallest absolute Gasteiger partial charge is 0.287 e. The first-order valence-corrected chi connectivity index (χ1v) is 9.03. The number of nitrogens with one attached hydrogen (secondary N) is 1. The molecule has 3 amide bonds. The predicted octanol–water partition coefficient (Wildman–Crippen LogP) is 2.11. The van der Waals surface area contributed by atoms with Crippen LogP contribution in [0.4, 0.5) is 15.8 Å². The Hall–Kier alpha value is -3.46. The summed E-state index contributed by atoms with van der Waals surface area (Å²) in [6.07, 6.45) is 0. The number of hydrogen-bond acceptors (Lipinski definition) is 5. The third-order valence-corrected chi connectivity index (χ3v) is 5.08. The average Bonchev–Trinajstić information content (AvgIpc) is 3.13. The molecule has 0 unspecified atom stereocenters. The molecule has 2 heterocycles. The van der Waals surface area contributed by atoms with Gasteiger partial charge in [-0.15, -0.1) is 0 Å². The first kappa shape index (κ1) is 17.9. The van der Waals surface area contributed by atoms with Gasteiger partial charge in [0.1, 0.15) is 12.4 Å². The van der Waals surface area contributed by atoms with Crippen LogP contribution in [-0.2, 0) is 14.4 Å². The van der Waals surface area contributed by atoms with Crippen molar-refractivity contribution in [3.05, 3.63) is 64.8 Å². The topological polar surface area (TPSA) is 105 Å². The van der Waals surface area contributed by atoms with Crippen molar-refractivity contribution >= 4 is 51.6 Å². The number of fused-ring (bicyclic) bond motifs is 1. The molecule has 9 heteroatoms. The fraction of sp³-hybridized carbons (Fsp3) is 0.0526. The maximum absolute atomic E-state index is 13.0. The Morgan fingerprint density at radius 3 is 2.54 bits per heavy atom. The van der Waals surface area contributed by atoms with Crippen LogP contribution in [-0.4, -0.2) is 29.4 Å². The maximum atomic E-state index is 13.0. The maximum Gasteiger partial charge on any atom is 0.287 e. The molecule has 0 fully saturated rings. The van der Waals surface area contributed by atoms with Crippen LogP contribution >= 0.6 is 11.8 Å². The molecule has 2 aromatic carbocycles. The number of amidine groups is 1. The molecule has 2 aliphatic heterocycles. The molecular weight excluding hydrogens is 383 g/mol. The van der Waals surface area contributed by atoms with Gasteiger partial charge in [-0.25, -0.2) is 4.39 Å². The van der Waals surface area contributed by atoms with E-state index in [-0.39, 0.29) is 22.2 Å². The van der Waals surface area contributed by atoms with Gasteiger partial charge >= 0.3 is 0 Å². The van der Waals surface area contributed by atoms with Gasteiger partial charge in [-0.1, -0.05) is 18.2 Å². The Morgan fingerprint density at radius 1 is 1.14 bits per heavy atom. The van der Waals surface area contributed by atoms with Crippen molar-refractivity contribution in [2.45, 2.75) is 0 Å². The summed E-state index contributed by atoms with van der Waals surface area (Å²) in [5.74, 6) is -1.92. The highest BCUT2D eigenvalue weighted by Crippen LogP contribution is 2.42. The summed E-state index contributed by atoms with van der Waals surface area (Å²) in [6, 6.07) is 12.2. The summed E-state index contributed by atoms with van der Waals surface area (Å²) in [4.78, 5) is 42.6. The summed E-state index contributed by atoms with van der Waals surface area (Å²) in [7, 11) is 0. The molecule has 0 saturated carbocycles. The van der Waals surface area contributed by atoms with Crippen molar-refractivity contribution in [1.29, 1.82) is 0 Å². The van der Waals surface area contributed by atoms with Crippen LogP contribution in [0.5, 0.6) is 0 Å². The van der Waals surface area contributed by atoms with Crippen molar-refractivity contribution in [3.8, 4) is 0 Å². The van der Waals surface area contributed by atoms with E-state index in [2.05, 4.69) is 10.3 Å². The van der Waals surface area contributed by atoms with Crippen LogP contribution in [0.15, 0.2) is 58.4 Å². The zero-order valence-electron chi connectivity index (χ0n) is 14.3. The van der Waals surface area contributed by atoms with Gasteiger partial charge in [-0.05, 0) is 42.1 Å². The molecule has 7 nitrogen and oxygen atoms in total. The van der Waals surface area contributed by atoms with Gasteiger partial charge in [0.25, 0.3) is 11.8 Å². The SMILES string of the molecule is NC1=NC(=O)/C(=C2\C(=O)N(CC(=O)Nc3ccc(F)cc3)c3ccccc32)S1. The van der Waals surface area contributed by atoms with E-state index >= 15 is 0 Å². The zero-order chi connectivity index (χ0) is 19.8. The molecule has 0 radical (unpaired) electrons. The monoisotopic (exact) mass is 396 g/mol. The first-order valence-electron chi connectivity index (χ1n) is 8.21. The molecule has 2 aliphatic rings. The normalized spacial score (nSPS) is 18.3. The highest BCUT2D eigenvalue weighted by molar-refractivity contribution is 8.18. The van der Waals surface area contributed by atoms with Crippen molar-refractivity contribution in [1.82, 2.24) is 0 Å². The Balaban J connectivity index is 1.63. The number of rotatable bonds is 3. The number of carbonyl (C=O) groups is 3. The Kier molecular flexibility index (Phi) is 4.44. The van der Waals surface area contributed by atoms with Gasteiger partial charge in [0.15, 0.2) is 5.17 Å². The minimum absolute atomic E-state index is 0.0743. The second kappa shape index (κ2) is 6.93. The minimum Gasteiger partial charge on any atom is -0.378 e. The Labute approximate surface area is 163 Å². The molecule has 0 aliphatic carbocycles. The van der Waals surface area contributed by atoms with Crippen LogP contribution in [0.1, 0.15) is 5.56 Å². The molecule has 140 valence electrons. The highest BCUT2D eigenvalue weighted by atomic mass is 32.2. The number of anilines is 2. The highest BCUT2D eigenvalue weighted by Gasteiger charge is 2.39. The molecule has 0 atom stereocenters. The van der Waals surface area contributed by atoms with E-state index in [9.17, 15) is 18.8 Å². The van der Waals surface area contributed by atoms with E-state index in [1.54, 1.807) is 24.3 Å². The third-order valence-electron chi connectivity index (χ3n) is 4.19.